The Hall–Kier alpha value is -0.0800. The molecule has 1 unspecified atom stereocenters. The van der Waals surface area contributed by atoms with Crippen molar-refractivity contribution < 1.29 is 9.84 Å². The van der Waals surface area contributed by atoms with Crippen molar-refractivity contribution in [3.63, 3.8) is 0 Å². The lowest BCUT2D eigenvalue weighted by Gasteiger charge is -2.33. The van der Waals surface area contributed by atoms with Crippen molar-refractivity contribution in [1.82, 2.24) is 0 Å². The maximum absolute atomic E-state index is 8.50. The highest BCUT2D eigenvalue weighted by Gasteiger charge is 2.26. The van der Waals surface area contributed by atoms with Gasteiger partial charge in [0, 0.05) is 6.61 Å². The van der Waals surface area contributed by atoms with E-state index in [1.807, 2.05) is 0 Å². The molecule has 13 heavy (non-hydrogen) atoms. The van der Waals surface area contributed by atoms with Crippen LogP contribution in [0.15, 0.2) is 0 Å². The first kappa shape index (κ1) is 12.9. The van der Waals surface area contributed by atoms with Crippen molar-refractivity contribution in [2.24, 2.45) is 17.3 Å². The van der Waals surface area contributed by atoms with Gasteiger partial charge in [-0.25, -0.2) is 0 Å². The van der Waals surface area contributed by atoms with E-state index in [9.17, 15) is 0 Å². The summed E-state index contributed by atoms with van der Waals surface area (Å²) in [6, 6.07) is 0. The maximum Gasteiger partial charge on any atom is 0.143 e. The zero-order chi connectivity index (χ0) is 10.5. The zero-order valence-corrected chi connectivity index (χ0v) is 9.63. The van der Waals surface area contributed by atoms with E-state index in [1.54, 1.807) is 0 Å². The van der Waals surface area contributed by atoms with E-state index < -0.39 is 0 Å². The molecule has 0 rings (SSSR count). The molecular formula is C11H24O2. The first-order chi connectivity index (χ1) is 5.89. The first-order valence-electron chi connectivity index (χ1n) is 5.08. The van der Waals surface area contributed by atoms with E-state index >= 15 is 0 Å². The van der Waals surface area contributed by atoms with Crippen LogP contribution in [0, 0.1) is 17.3 Å². The van der Waals surface area contributed by atoms with Crippen LogP contribution in [0.4, 0.5) is 0 Å². The Morgan fingerprint density at radius 1 is 1.23 bits per heavy atom. The molecule has 0 fully saturated rings. The van der Waals surface area contributed by atoms with Gasteiger partial charge in [0.25, 0.3) is 0 Å². The van der Waals surface area contributed by atoms with Crippen LogP contribution in [0.2, 0.25) is 0 Å². The summed E-state index contributed by atoms with van der Waals surface area (Å²) >= 11 is 0. The quantitative estimate of drug-likeness (QED) is 0.531. The summed E-state index contributed by atoms with van der Waals surface area (Å²) in [5.74, 6) is 1.32. The number of ether oxygens (including phenoxy) is 1. The average Bonchev–Trinajstić information content (AvgIpc) is 1.94. The molecular weight excluding hydrogens is 164 g/mol. The fourth-order valence-electron chi connectivity index (χ4n) is 2.04. The highest BCUT2D eigenvalue weighted by atomic mass is 16.6. The number of rotatable bonds is 5. The third kappa shape index (κ3) is 5.27. The van der Waals surface area contributed by atoms with Gasteiger partial charge in [0.05, 0.1) is 0 Å². The summed E-state index contributed by atoms with van der Waals surface area (Å²) in [5, 5.41) is 8.50. The van der Waals surface area contributed by atoms with Crippen LogP contribution in [0.25, 0.3) is 0 Å². The topological polar surface area (TPSA) is 29.5 Å². The molecule has 0 bridgehead atoms. The molecule has 2 nitrogen and oxygen atoms in total. The lowest BCUT2D eigenvalue weighted by atomic mass is 9.73. The molecule has 2 heteroatoms. The predicted octanol–water partition coefficient (Wildman–Crippen LogP) is 2.66. The van der Waals surface area contributed by atoms with Crippen LogP contribution >= 0.6 is 0 Å². The molecule has 0 aromatic heterocycles. The zero-order valence-electron chi connectivity index (χ0n) is 9.63. The van der Waals surface area contributed by atoms with Crippen LogP contribution in [0.3, 0.4) is 0 Å². The molecule has 0 aromatic rings. The van der Waals surface area contributed by atoms with Crippen LogP contribution in [0.1, 0.15) is 41.0 Å². The van der Waals surface area contributed by atoms with Gasteiger partial charge in [-0.1, -0.05) is 34.6 Å². The van der Waals surface area contributed by atoms with Crippen molar-refractivity contribution in [3.8, 4) is 0 Å². The third-order valence-corrected chi connectivity index (χ3v) is 2.58. The largest absolute Gasteiger partial charge is 0.371 e. The molecule has 1 atom stereocenters. The Morgan fingerprint density at radius 2 is 1.77 bits per heavy atom. The molecule has 0 radical (unpaired) electrons. The molecule has 0 aliphatic heterocycles. The lowest BCUT2D eigenvalue weighted by molar-refractivity contribution is -0.0160. The second-order valence-electron chi connectivity index (χ2n) is 5.04. The molecule has 1 N–H and O–H groups in total. The summed E-state index contributed by atoms with van der Waals surface area (Å²) in [5.41, 5.74) is 0.326. The van der Waals surface area contributed by atoms with E-state index in [0.717, 1.165) is 6.42 Å². The summed E-state index contributed by atoms with van der Waals surface area (Å²) in [4.78, 5) is 0. The number of hydrogen-bond donors (Lipinski definition) is 1. The van der Waals surface area contributed by atoms with Gasteiger partial charge in [-0.3, -0.25) is 0 Å². The smallest absolute Gasteiger partial charge is 0.143 e. The molecule has 0 saturated carbocycles. The van der Waals surface area contributed by atoms with Gasteiger partial charge in [0.1, 0.15) is 6.79 Å². The van der Waals surface area contributed by atoms with Crippen molar-refractivity contribution in [1.29, 1.82) is 0 Å². The molecule has 0 aliphatic rings. The second-order valence-corrected chi connectivity index (χ2v) is 5.04. The number of hydrogen-bond acceptors (Lipinski definition) is 2. The van der Waals surface area contributed by atoms with Crippen molar-refractivity contribution >= 4 is 0 Å². The number of aliphatic hydroxyl groups is 1. The third-order valence-electron chi connectivity index (χ3n) is 2.58. The molecule has 0 saturated heterocycles. The summed E-state index contributed by atoms with van der Waals surface area (Å²) in [6.45, 7) is 11.8. The van der Waals surface area contributed by atoms with Gasteiger partial charge >= 0.3 is 0 Å². The van der Waals surface area contributed by atoms with E-state index in [4.69, 9.17) is 9.84 Å². The first-order valence-corrected chi connectivity index (χ1v) is 5.08. The van der Waals surface area contributed by atoms with Gasteiger partial charge in [0.2, 0.25) is 0 Å². The Balaban J connectivity index is 3.97. The fraction of sp³-hybridized carbons (Fsp3) is 1.00. The van der Waals surface area contributed by atoms with Crippen molar-refractivity contribution in [2.45, 2.75) is 41.0 Å². The molecule has 0 heterocycles. The summed E-state index contributed by atoms with van der Waals surface area (Å²) in [6.07, 6.45) is 1.03. The molecule has 80 valence electrons. The van der Waals surface area contributed by atoms with Crippen molar-refractivity contribution in [2.75, 3.05) is 13.4 Å². The normalized spacial score (nSPS) is 15.0. The minimum Gasteiger partial charge on any atom is -0.371 e. The van der Waals surface area contributed by atoms with Gasteiger partial charge in [0.15, 0.2) is 0 Å². The number of aliphatic hydroxyl groups excluding tert-OH is 1. The summed E-state index contributed by atoms with van der Waals surface area (Å²) < 4.78 is 4.96. The van der Waals surface area contributed by atoms with Gasteiger partial charge in [-0.15, -0.1) is 0 Å². The highest BCUT2D eigenvalue weighted by molar-refractivity contribution is 4.76. The van der Waals surface area contributed by atoms with E-state index in [-0.39, 0.29) is 6.79 Å². The Kier molecular flexibility index (Phi) is 5.57. The molecule has 0 amide bonds. The minimum absolute atomic E-state index is 0.158. The molecule has 0 aliphatic carbocycles. The van der Waals surface area contributed by atoms with E-state index in [0.29, 0.717) is 23.9 Å². The molecule has 0 spiro atoms. The van der Waals surface area contributed by atoms with Crippen LogP contribution in [0.5, 0.6) is 0 Å². The minimum atomic E-state index is -0.158. The standard InChI is InChI=1S/C11H24O2/c1-9(2)10(11(3,4)5)6-7-13-8-12/h9-10,12H,6-8H2,1-5H3. The van der Waals surface area contributed by atoms with Gasteiger partial charge in [-0.05, 0) is 23.7 Å². The van der Waals surface area contributed by atoms with Crippen LogP contribution in [-0.2, 0) is 4.74 Å². The maximum atomic E-state index is 8.50. The van der Waals surface area contributed by atoms with Gasteiger partial charge in [-0.2, -0.15) is 0 Å². The highest BCUT2D eigenvalue weighted by Crippen LogP contribution is 2.34. The Morgan fingerprint density at radius 3 is 2.08 bits per heavy atom. The Bertz CT molecular complexity index is 125. The average molecular weight is 188 g/mol. The second kappa shape index (κ2) is 5.61. The SMILES string of the molecule is CC(C)C(CCOCO)C(C)(C)C. The Labute approximate surface area is 82.3 Å². The van der Waals surface area contributed by atoms with E-state index in [1.165, 1.54) is 0 Å². The lowest BCUT2D eigenvalue weighted by Crippen LogP contribution is -2.26. The van der Waals surface area contributed by atoms with E-state index in [2.05, 4.69) is 34.6 Å². The fourth-order valence-corrected chi connectivity index (χ4v) is 2.04. The van der Waals surface area contributed by atoms with Crippen LogP contribution < -0.4 is 0 Å². The molecule has 0 aromatic carbocycles. The predicted molar refractivity (Wildman–Crippen MR) is 55.4 cm³/mol. The summed E-state index contributed by atoms with van der Waals surface area (Å²) in [7, 11) is 0. The van der Waals surface area contributed by atoms with Crippen LogP contribution in [-0.4, -0.2) is 18.5 Å². The monoisotopic (exact) mass is 188 g/mol. The van der Waals surface area contributed by atoms with Gasteiger partial charge < -0.3 is 9.84 Å². The van der Waals surface area contributed by atoms with Crippen molar-refractivity contribution in [3.05, 3.63) is 0 Å².